The second-order valence-corrected chi connectivity index (χ2v) is 6.13. The molecule has 26 heavy (non-hydrogen) atoms. The lowest BCUT2D eigenvalue weighted by Crippen LogP contribution is -2.15. The van der Waals surface area contributed by atoms with Crippen molar-refractivity contribution in [2.45, 2.75) is 23.9 Å². The van der Waals surface area contributed by atoms with Crippen LogP contribution in [0.15, 0.2) is 47.6 Å². The number of carbonyl (C=O) groups excluding carboxylic acids is 2. The Morgan fingerprint density at radius 3 is 2.50 bits per heavy atom. The number of hydrogen-bond donors (Lipinski definition) is 1. The van der Waals surface area contributed by atoms with Crippen molar-refractivity contribution in [1.82, 2.24) is 4.98 Å². The van der Waals surface area contributed by atoms with Crippen LogP contribution in [-0.2, 0) is 4.74 Å². The maximum Gasteiger partial charge on any atom is 0.447 e. The van der Waals surface area contributed by atoms with E-state index in [-0.39, 0.29) is 5.56 Å². The van der Waals surface area contributed by atoms with Gasteiger partial charge in [0.1, 0.15) is 5.03 Å². The van der Waals surface area contributed by atoms with Gasteiger partial charge < -0.3 is 10.1 Å². The van der Waals surface area contributed by atoms with E-state index in [1.807, 2.05) is 6.92 Å². The number of amides is 1. The lowest BCUT2D eigenvalue weighted by molar-refractivity contribution is -0.0329. The molecule has 0 aliphatic heterocycles. The number of nitrogens with zero attached hydrogens (tertiary/aromatic N) is 1. The molecular formula is C17H15F3N2O3S. The van der Waals surface area contributed by atoms with E-state index in [1.165, 1.54) is 42.6 Å². The molecular weight excluding hydrogens is 369 g/mol. The zero-order valence-corrected chi connectivity index (χ0v) is 14.5. The molecule has 2 aromatic rings. The highest BCUT2D eigenvalue weighted by atomic mass is 32.2. The monoisotopic (exact) mass is 384 g/mol. The van der Waals surface area contributed by atoms with Crippen molar-refractivity contribution in [2.75, 3.05) is 11.9 Å². The van der Waals surface area contributed by atoms with Crippen LogP contribution in [-0.4, -0.2) is 29.0 Å². The molecule has 138 valence electrons. The smallest absolute Gasteiger partial charge is 0.447 e. The fourth-order valence-corrected chi connectivity index (χ4v) is 2.52. The molecule has 0 bridgehead atoms. The van der Waals surface area contributed by atoms with Gasteiger partial charge in [0.05, 0.1) is 17.7 Å². The fourth-order valence-electron chi connectivity index (χ4n) is 1.92. The van der Waals surface area contributed by atoms with Crippen LogP contribution >= 0.6 is 11.8 Å². The van der Waals surface area contributed by atoms with Crippen LogP contribution in [0.4, 0.5) is 18.9 Å². The standard InChI is InChI=1S/C17H15F3N2O3S/c1-2-10-25-16(24)11-5-7-12(8-6-11)22-14(23)13-4-3-9-21-15(13)26-17(18,19)20/h3-9H,2,10H2,1H3,(H,22,23). The number of hydrogen-bond acceptors (Lipinski definition) is 5. The Bertz CT molecular complexity index is 780. The predicted molar refractivity (Wildman–Crippen MR) is 91.1 cm³/mol. The van der Waals surface area contributed by atoms with Gasteiger partial charge in [0.2, 0.25) is 0 Å². The molecule has 1 aromatic heterocycles. The molecule has 5 nitrogen and oxygen atoms in total. The Morgan fingerprint density at radius 1 is 1.19 bits per heavy atom. The lowest BCUT2D eigenvalue weighted by Gasteiger charge is -2.10. The number of pyridine rings is 1. The van der Waals surface area contributed by atoms with E-state index >= 15 is 0 Å². The van der Waals surface area contributed by atoms with Crippen LogP contribution in [0.5, 0.6) is 0 Å². The van der Waals surface area contributed by atoms with Gasteiger partial charge >= 0.3 is 11.5 Å². The van der Waals surface area contributed by atoms with E-state index in [9.17, 15) is 22.8 Å². The van der Waals surface area contributed by atoms with Gasteiger partial charge in [0, 0.05) is 23.6 Å². The van der Waals surface area contributed by atoms with Crippen LogP contribution in [0, 0.1) is 0 Å². The average molecular weight is 384 g/mol. The highest BCUT2D eigenvalue weighted by Crippen LogP contribution is 2.37. The molecule has 0 aliphatic carbocycles. The summed E-state index contributed by atoms with van der Waals surface area (Å²) < 4.78 is 42.7. The summed E-state index contributed by atoms with van der Waals surface area (Å²) in [6, 6.07) is 8.49. The van der Waals surface area contributed by atoms with Gasteiger partial charge in [-0.15, -0.1) is 0 Å². The summed E-state index contributed by atoms with van der Waals surface area (Å²) in [4.78, 5) is 27.6. The Hall–Kier alpha value is -2.55. The van der Waals surface area contributed by atoms with Gasteiger partial charge in [0.15, 0.2) is 0 Å². The molecule has 9 heteroatoms. The maximum absolute atomic E-state index is 12.6. The summed E-state index contributed by atoms with van der Waals surface area (Å²) in [6.07, 6.45) is 1.88. The summed E-state index contributed by atoms with van der Waals surface area (Å²) in [5.74, 6) is -1.22. The Labute approximate surface area is 152 Å². The van der Waals surface area contributed by atoms with Gasteiger partial charge in [-0.05, 0) is 42.8 Å². The first-order chi connectivity index (χ1) is 12.3. The summed E-state index contributed by atoms with van der Waals surface area (Å²) in [5, 5.41) is 2.05. The number of anilines is 1. The zero-order valence-electron chi connectivity index (χ0n) is 13.7. The number of aromatic nitrogens is 1. The van der Waals surface area contributed by atoms with Crippen LogP contribution < -0.4 is 5.32 Å². The van der Waals surface area contributed by atoms with E-state index in [1.54, 1.807) is 0 Å². The summed E-state index contributed by atoms with van der Waals surface area (Å²) in [7, 11) is 0. The van der Waals surface area contributed by atoms with Crippen molar-refractivity contribution in [3.63, 3.8) is 0 Å². The molecule has 0 unspecified atom stereocenters. The van der Waals surface area contributed by atoms with Crippen molar-refractivity contribution in [3.05, 3.63) is 53.7 Å². The molecule has 0 fully saturated rings. The number of benzene rings is 1. The van der Waals surface area contributed by atoms with Crippen LogP contribution in [0.2, 0.25) is 0 Å². The van der Waals surface area contributed by atoms with Crippen molar-refractivity contribution < 1.29 is 27.5 Å². The third-order valence-corrected chi connectivity index (χ3v) is 3.79. The number of esters is 1. The predicted octanol–water partition coefficient (Wildman–Crippen LogP) is 4.51. The lowest BCUT2D eigenvalue weighted by atomic mass is 10.2. The first kappa shape index (κ1) is 19.8. The third-order valence-electron chi connectivity index (χ3n) is 3.04. The molecule has 0 saturated heterocycles. The number of ether oxygens (including phenoxy) is 1. The van der Waals surface area contributed by atoms with E-state index in [4.69, 9.17) is 4.74 Å². The third kappa shape index (κ3) is 5.76. The fraction of sp³-hybridized carbons (Fsp3) is 0.235. The van der Waals surface area contributed by atoms with Crippen molar-refractivity contribution in [1.29, 1.82) is 0 Å². The topological polar surface area (TPSA) is 68.3 Å². The van der Waals surface area contributed by atoms with Crippen molar-refractivity contribution in [2.24, 2.45) is 0 Å². The van der Waals surface area contributed by atoms with Gasteiger partial charge in [-0.1, -0.05) is 6.92 Å². The van der Waals surface area contributed by atoms with E-state index in [0.29, 0.717) is 24.3 Å². The largest absolute Gasteiger partial charge is 0.462 e. The van der Waals surface area contributed by atoms with Crippen LogP contribution in [0.1, 0.15) is 34.1 Å². The second-order valence-electron chi connectivity index (χ2n) is 5.07. The number of rotatable bonds is 6. The van der Waals surface area contributed by atoms with E-state index < -0.39 is 34.2 Å². The van der Waals surface area contributed by atoms with E-state index in [0.717, 1.165) is 0 Å². The molecule has 0 radical (unpaired) electrons. The molecule has 0 saturated carbocycles. The van der Waals surface area contributed by atoms with E-state index in [2.05, 4.69) is 10.3 Å². The number of thioether (sulfide) groups is 1. The molecule has 0 aliphatic rings. The Kier molecular flexibility index (Phi) is 6.62. The summed E-state index contributed by atoms with van der Waals surface area (Å²) in [5.41, 5.74) is -4.11. The quantitative estimate of drug-likeness (QED) is 0.586. The molecule has 2 rings (SSSR count). The highest BCUT2D eigenvalue weighted by Gasteiger charge is 2.32. The molecule has 1 amide bonds. The van der Waals surface area contributed by atoms with Crippen LogP contribution in [0.3, 0.4) is 0 Å². The number of nitrogens with one attached hydrogen (secondary N) is 1. The number of alkyl halides is 3. The molecule has 0 atom stereocenters. The van der Waals surface area contributed by atoms with Crippen molar-refractivity contribution in [3.8, 4) is 0 Å². The maximum atomic E-state index is 12.6. The average Bonchev–Trinajstić information content (AvgIpc) is 2.59. The Balaban J connectivity index is 2.10. The zero-order chi connectivity index (χ0) is 19.2. The minimum atomic E-state index is -4.55. The highest BCUT2D eigenvalue weighted by molar-refractivity contribution is 8.00. The van der Waals surface area contributed by atoms with Crippen molar-refractivity contribution >= 4 is 29.3 Å². The number of halogens is 3. The van der Waals surface area contributed by atoms with Gasteiger partial charge in [-0.2, -0.15) is 13.2 Å². The minimum Gasteiger partial charge on any atom is -0.462 e. The van der Waals surface area contributed by atoms with Gasteiger partial charge in [-0.3, -0.25) is 4.79 Å². The number of carbonyl (C=O) groups is 2. The Morgan fingerprint density at radius 2 is 1.88 bits per heavy atom. The minimum absolute atomic E-state index is 0.193. The van der Waals surface area contributed by atoms with Crippen LogP contribution in [0.25, 0.3) is 0 Å². The normalized spacial score (nSPS) is 11.1. The SMILES string of the molecule is CCCOC(=O)c1ccc(NC(=O)c2cccnc2SC(F)(F)F)cc1. The summed E-state index contributed by atoms with van der Waals surface area (Å²) >= 11 is -0.453. The first-order valence-electron chi connectivity index (χ1n) is 7.59. The molecule has 1 heterocycles. The molecule has 0 spiro atoms. The molecule has 1 aromatic carbocycles. The molecule has 1 N–H and O–H groups in total. The second kappa shape index (κ2) is 8.70. The summed E-state index contributed by atoms with van der Waals surface area (Å²) in [6.45, 7) is 2.17. The first-order valence-corrected chi connectivity index (χ1v) is 8.41. The van der Waals surface area contributed by atoms with Gasteiger partial charge in [-0.25, -0.2) is 9.78 Å². The van der Waals surface area contributed by atoms with Gasteiger partial charge in [0.25, 0.3) is 5.91 Å².